The van der Waals surface area contributed by atoms with Gasteiger partial charge in [-0.1, -0.05) is 23.7 Å². The molecule has 0 radical (unpaired) electrons. The van der Waals surface area contributed by atoms with Gasteiger partial charge in [0.2, 0.25) is 0 Å². The van der Waals surface area contributed by atoms with Crippen molar-refractivity contribution in [2.24, 2.45) is 0 Å². The van der Waals surface area contributed by atoms with E-state index in [1.807, 2.05) is 25.2 Å². The second-order valence-electron chi connectivity index (χ2n) is 5.05. The zero-order valence-electron chi connectivity index (χ0n) is 12.0. The van der Waals surface area contributed by atoms with E-state index in [0.717, 1.165) is 24.5 Å². The van der Waals surface area contributed by atoms with E-state index in [0.29, 0.717) is 6.04 Å². The monoisotopic (exact) mass is 292 g/mol. The number of benzene rings is 1. The van der Waals surface area contributed by atoms with Crippen LogP contribution in [-0.4, -0.2) is 25.5 Å². The second-order valence-corrected chi connectivity index (χ2v) is 5.49. The minimum absolute atomic E-state index is 0.346. The summed E-state index contributed by atoms with van der Waals surface area (Å²) in [6.07, 6.45) is 4.56. The van der Waals surface area contributed by atoms with Gasteiger partial charge in [0.15, 0.2) is 0 Å². The van der Waals surface area contributed by atoms with Gasteiger partial charge in [0.05, 0.1) is 12.5 Å². The summed E-state index contributed by atoms with van der Waals surface area (Å²) in [7, 11) is 4.12. The zero-order chi connectivity index (χ0) is 14.4. The average Bonchev–Trinajstić information content (AvgIpc) is 2.94. The molecule has 1 unspecified atom stereocenters. The quantitative estimate of drug-likeness (QED) is 0.843. The van der Waals surface area contributed by atoms with Crippen LogP contribution in [0, 0.1) is 0 Å². The number of hydrogen-bond donors (Lipinski definition) is 1. The molecule has 0 spiro atoms. The molecule has 2 rings (SSSR count). The van der Waals surface area contributed by atoms with Gasteiger partial charge in [-0.2, -0.15) is 0 Å². The van der Waals surface area contributed by atoms with Crippen molar-refractivity contribution in [3.8, 4) is 0 Å². The van der Waals surface area contributed by atoms with E-state index in [9.17, 15) is 0 Å². The summed E-state index contributed by atoms with van der Waals surface area (Å²) in [6, 6.07) is 10.4. The lowest BCUT2D eigenvalue weighted by atomic mass is 10.0. The van der Waals surface area contributed by atoms with Crippen molar-refractivity contribution in [3.05, 3.63) is 59.0 Å². The number of hydrogen-bond acceptors (Lipinski definition) is 3. The molecule has 0 bridgehead atoms. The maximum Gasteiger partial charge on any atom is 0.0947 e. The fourth-order valence-corrected chi connectivity index (χ4v) is 2.42. The number of nitrogens with one attached hydrogen (secondary N) is 1. The molecule has 1 heterocycles. The smallest absolute Gasteiger partial charge is 0.0947 e. The Bertz CT molecular complexity index is 496. The molecule has 20 heavy (non-hydrogen) atoms. The van der Waals surface area contributed by atoms with Crippen LogP contribution in [0.1, 0.15) is 23.6 Å². The maximum absolute atomic E-state index is 5.93. The average molecular weight is 293 g/mol. The third-order valence-corrected chi connectivity index (χ3v) is 3.70. The van der Waals surface area contributed by atoms with Gasteiger partial charge in [0.25, 0.3) is 0 Å². The molecule has 1 N–H and O–H groups in total. The third kappa shape index (κ3) is 4.37. The summed E-state index contributed by atoms with van der Waals surface area (Å²) >= 11 is 5.93. The first kappa shape index (κ1) is 15.1. The maximum atomic E-state index is 5.93. The summed E-state index contributed by atoms with van der Waals surface area (Å²) in [5.41, 5.74) is 2.48. The number of nitrogens with zero attached hydrogens (tertiary/aromatic N) is 1. The van der Waals surface area contributed by atoms with Crippen molar-refractivity contribution in [2.75, 3.05) is 20.6 Å². The van der Waals surface area contributed by atoms with E-state index in [1.54, 1.807) is 12.5 Å². The van der Waals surface area contributed by atoms with Crippen LogP contribution in [-0.2, 0) is 6.54 Å². The van der Waals surface area contributed by atoms with Crippen LogP contribution in [0.4, 0.5) is 0 Å². The molecule has 4 heteroatoms. The van der Waals surface area contributed by atoms with Gasteiger partial charge >= 0.3 is 0 Å². The minimum Gasteiger partial charge on any atom is -0.472 e. The highest BCUT2D eigenvalue weighted by Gasteiger charge is 2.10. The van der Waals surface area contributed by atoms with Crippen LogP contribution in [0.5, 0.6) is 0 Å². The Morgan fingerprint density at radius 2 is 2.00 bits per heavy atom. The molecule has 2 aromatic rings. The van der Waals surface area contributed by atoms with E-state index in [2.05, 4.69) is 29.4 Å². The van der Waals surface area contributed by atoms with Crippen molar-refractivity contribution in [3.63, 3.8) is 0 Å². The molecule has 1 aromatic heterocycles. The largest absolute Gasteiger partial charge is 0.472 e. The number of rotatable bonds is 7. The Morgan fingerprint density at radius 3 is 2.60 bits per heavy atom. The Hall–Kier alpha value is -1.29. The van der Waals surface area contributed by atoms with Gasteiger partial charge in [-0.05, 0) is 50.8 Å². The molecular formula is C16H21ClN2O. The summed E-state index contributed by atoms with van der Waals surface area (Å²) < 4.78 is 5.09. The topological polar surface area (TPSA) is 28.4 Å². The SMILES string of the molecule is CNC(CCN(C)Cc1ccoc1)c1ccc(Cl)cc1. The van der Waals surface area contributed by atoms with Gasteiger partial charge in [0, 0.05) is 23.2 Å². The summed E-state index contributed by atoms with van der Waals surface area (Å²) in [5, 5.41) is 4.14. The van der Waals surface area contributed by atoms with Crippen LogP contribution in [0.15, 0.2) is 47.3 Å². The van der Waals surface area contributed by atoms with Crippen LogP contribution in [0.3, 0.4) is 0 Å². The van der Waals surface area contributed by atoms with Crippen molar-refractivity contribution in [2.45, 2.75) is 19.0 Å². The van der Waals surface area contributed by atoms with Gasteiger partial charge < -0.3 is 14.6 Å². The molecule has 1 aromatic carbocycles. The summed E-state index contributed by atoms with van der Waals surface area (Å²) in [5.74, 6) is 0. The van der Waals surface area contributed by atoms with Gasteiger partial charge in [-0.25, -0.2) is 0 Å². The van der Waals surface area contributed by atoms with Gasteiger partial charge in [-0.3, -0.25) is 0 Å². The lowest BCUT2D eigenvalue weighted by Crippen LogP contribution is -2.25. The van der Waals surface area contributed by atoms with Crippen molar-refractivity contribution in [1.29, 1.82) is 0 Å². The molecule has 0 fully saturated rings. The van der Waals surface area contributed by atoms with Gasteiger partial charge in [0.1, 0.15) is 0 Å². The Kier molecular flexibility index (Phi) is 5.65. The lowest BCUT2D eigenvalue weighted by molar-refractivity contribution is 0.303. The highest BCUT2D eigenvalue weighted by molar-refractivity contribution is 6.30. The Morgan fingerprint density at radius 1 is 1.25 bits per heavy atom. The molecule has 0 aliphatic rings. The standard InChI is InChI=1S/C16H21ClN2O/c1-18-16(14-3-5-15(17)6-4-14)7-9-19(2)11-13-8-10-20-12-13/h3-6,8,10,12,16,18H,7,9,11H2,1-2H3. The molecular weight excluding hydrogens is 272 g/mol. The molecule has 0 aliphatic carbocycles. The molecule has 108 valence electrons. The fourth-order valence-electron chi connectivity index (χ4n) is 2.30. The molecule has 0 amide bonds. The Labute approximate surface area is 125 Å². The second kappa shape index (κ2) is 7.48. The predicted molar refractivity (Wildman–Crippen MR) is 82.9 cm³/mol. The molecule has 0 saturated heterocycles. The van der Waals surface area contributed by atoms with Crippen molar-refractivity contribution >= 4 is 11.6 Å². The number of furan rings is 1. The fraction of sp³-hybridized carbons (Fsp3) is 0.375. The Balaban J connectivity index is 1.85. The van der Waals surface area contributed by atoms with Crippen LogP contribution >= 0.6 is 11.6 Å². The van der Waals surface area contributed by atoms with Crippen LogP contribution in [0.2, 0.25) is 5.02 Å². The minimum atomic E-state index is 0.346. The lowest BCUT2D eigenvalue weighted by Gasteiger charge is -2.21. The van der Waals surface area contributed by atoms with Crippen LogP contribution < -0.4 is 5.32 Å². The number of halogens is 1. The van der Waals surface area contributed by atoms with Gasteiger partial charge in [-0.15, -0.1) is 0 Å². The van der Waals surface area contributed by atoms with Crippen molar-refractivity contribution < 1.29 is 4.42 Å². The molecule has 0 saturated carbocycles. The molecule has 1 atom stereocenters. The molecule has 3 nitrogen and oxygen atoms in total. The van der Waals surface area contributed by atoms with E-state index < -0.39 is 0 Å². The predicted octanol–water partition coefficient (Wildman–Crippen LogP) is 3.72. The summed E-state index contributed by atoms with van der Waals surface area (Å²) in [6.45, 7) is 1.92. The zero-order valence-corrected chi connectivity index (χ0v) is 12.7. The van der Waals surface area contributed by atoms with E-state index >= 15 is 0 Å². The first-order valence-electron chi connectivity index (χ1n) is 6.81. The first-order valence-corrected chi connectivity index (χ1v) is 7.19. The molecule has 0 aliphatic heterocycles. The highest BCUT2D eigenvalue weighted by Crippen LogP contribution is 2.19. The van der Waals surface area contributed by atoms with Crippen LogP contribution in [0.25, 0.3) is 0 Å². The summed E-state index contributed by atoms with van der Waals surface area (Å²) in [4.78, 5) is 2.30. The third-order valence-electron chi connectivity index (χ3n) is 3.45. The highest BCUT2D eigenvalue weighted by atomic mass is 35.5. The van der Waals surface area contributed by atoms with E-state index in [4.69, 9.17) is 16.0 Å². The van der Waals surface area contributed by atoms with Crippen molar-refractivity contribution in [1.82, 2.24) is 10.2 Å². The first-order chi connectivity index (χ1) is 9.69. The van der Waals surface area contributed by atoms with E-state index in [-0.39, 0.29) is 0 Å². The normalized spacial score (nSPS) is 12.8. The van der Waals surface area contributed by atoms with E-state index in [1.165, 1.54) is 11.1 Å².